The maximum Gasteiger partial charge on any atom is 0.214 e. The van der Waals surface area contributed by atoms with Crippen LogP contribution in [0.4, 0.5) is 5.69 Å². The largest absolute Gasteiger partial charge is 0.497 e. The highest BCUT2D eigenvalue weighted by Crippen LogP contribution is 2.26. The van der Waals surface area contributed by atoms with Crippen molar-refractivity contribution in [3.05, 3.63) is 42.6 Å². The second kappa shape index (κ2) is 3.88. The molecule has 3 heteroatoms. The van der Waals surface area contributed by atoms with E-state index >= 15 is 0 Å². The number of benzene rings is 2. The summed E-state index contributed by atoms with van der Waals surface area (Å²) in [5.74, 6) is 0.872. The maximum absolute atomic E-state index is 5.85. The van der Waals surface area contributed by atoms with E-state index in [1.807, 2.05) is 31.3 Å². The molecule has 0 radical (unpaired) electrons. The highest BCUT2D eigenvalue weighted by molar-refractivity contribution is 6.04. The van der Waals surface area contributed by atoms with Crippen LogP contribution in [0.2, 0.25) is 0 Å². The molecule has 0 aliphatic carbocycles. The fourth-order valence-corrected chi connectivity index (χ4v) is 2.37. The molecular weight excluding hydrogens is 224 g/mol. The SMILES string of the molecule is COc1ccc2c(c1)c[n+](C)c1cc(N)ccc21. The molecule has 0 fully saturated rings. The molecule has 2 N–H and O–H groups in total. The summed E-state index contributed by atoms with van der Waals surface area (Å²) in [7, 11) is 3.71. The summed E-state index contributed by atoms with van der Waals surface area (Å²) >= 11 is 0. The second-order valence-electron chi connectivity index (χ2n) is 4.47. The number of aromatic nitrogens is 1. The van der Waals surface area contributed by atoms with E-state index < -0.39 is 0 Å². The lowest BCUT2D eigenvalue weighted by atomic mass is 10.1. The highest BCUT2D eigenvalue weighted by atomic mass is 16.5. The number of ether oxygens (including phenoxy) is 1. The molecule has 0 saturated carbocycles. The van der Waals surface area contributed by atoms with E-state index in [-0.39, 0.29) is 0 Å². The van der Waals surface area contributed by atoms with E-state index in [1.54, 1.807) is 7.11 Å². The lowest BCUT2D eigenvalue weighted by molar-refractivity contribution is -0.643. The summed E-state index contributed by atoms with van der Waals surface area (Å²) < 4.78 is 7.35. The van der Waals surface area contributed by atoms with Gasteiger partial charge in [-0.3, -0.25) is 0 Å². The molecule has 0 saturated heterocycles. The summed E-state index contributed by atoms with van der Waals surface area (Å²) in [4.78, 5) is 0. The molecule has 0 aliphatic heterocycles. The Morgan fingerprint density at radius 2 is 1.83 bits per heavy atom. The van der Waals surface area contributed by atoms with Crippen molar-refractivity contribution >= 4 is 27.4 Å². The average Bonchev–Trinajstić information content (AvgIpc) is 2.38. The zero-order chi connectivity index (χ0) is 12.7. The predicted molar refractivity (Wildman–Crippen MR) is 73.6 cm³/mol. The molecule has 0 spiro atoms. The average molecular weight is 239 g/mol. The number of pyridine rings is 1. The molecule has 3 rings (SSSR count). The molecule has 0 atom stereocenters. The number of anilines is 1. The van der Waals surface area contributed by atoms with Crippen LogP contribution in [0, 0.1) is 0 Å². The third kappa shape index (κ3) is 1.56. The number of nitrogens with zero attached hydrogens (tertiary/aromatic N) is 1. The van der Waals surface area contributed by atoms with Crippen LogP contribution in [0.3, 0.4) is 0 Å². The zero-order valence-corrected chi connectivity index (χ0v) is 10.5. The summed E-state index contributed by atoms with van der Waals surface area (Å²) in [5, 5.41) is 3.57. The van der Waals surface area contributed by atoms with Gasteiger partial charge in [0.25, 0.3) is 0 Å². The molecule has 1 heterocycles. The van der Waals surface area contributed by atoms with Gasteiger partial charge in [0.1, 0.15) is 12.8 Å². The van der Waals surface area contributed by atoms with Crippen molar-refractivity contribution in [2.75, 3.05) is 12.8 Å². The number of nitrogens with two attached hydrogens (primary N) is 1. The van der Waals surface area contributed by atoms with Crippen LogP contribution >= 0.6 is 0 Å². The van der Waals surface area contributed by atoms with Gasteiger partial charge in [0.15, 0.2) is 6.20 Å². The first-order valence-electron chi connectivity index (χ1n) is 5.84. The van der Waals surface area contributed by atoms with Crippen molar-refractivity contribution in [2.45, 2.75) is 0 Å². The first kappa shape index (κ1) is 10.8. The third-order valence-corrected chi connectivity index (χ3v) is 3.28. The Hall–Kier alpha value is -2.29. The predicted octanol–water partition coefficient (Wildman–Crippen LogP) is 2.41. The summed E-state index contributed by atoms with van der Waals surface area (Å²) in [6, 6.07) is 12.1. The van der Waals surface area contributed by atoms with Gasteiger partial charge in [-0.25, -0.2) is 4.57 Å². The van der Waals surface area contributed by atoms with Crippen molar-refractivity contribution in [2.24, 2.45) is 7.05 Å². The summed E-state index contributed by atoms with van der Waals surface area (Å²) in [6.45, 7) is 0. The maximum atomic E-state index is 5.85. The van der Waals surface area contributed by atoms with Crippen LogP contribution in [-0.4, -0.2) is 7.11 Å². The van der Waals surface area contributed by atoms with E-state index in [9.17, 15) is 0 Å². The van der Waals surface area contributed by atoms with Crippen molar-refractivity contribution in [1.82, 2.24) is 0 Å². The number of fused-ring (bicyclic) bond motifs is 3. The Morgan fingerprint density at radius 1 is 1.06 bits per heavy atom. The van der Waals surface area contributed by atoms with Crippen LogP contribution in [0.1, 0.15) is 0 Å². The number of nitrogen functional groups attached to an aromatic ring is 1. The molecule has 3 nitrogen and oxygen atoms in total. The van der Waals surface area contributed by atoms with Crippen molar-refractivity contribution in [3.63, 3.8) is 0 Å². The fraction of sp³-hybridized carbons (Fsp3) is 0.133. The molecule has 90 valence electrons. The fourth-order valence-electron chi connectivity index (χ4n) is 2.37. The van der Waals surface area contributed by atoms with Crippen LogP contribution in [0.15, 0.2) is 42.6 Å². The minimum atomic E-state index is 0.783. The van der Waals surface area contributed by atoms with E-state index in [2.05, 4.69) is 22.9 Å². The molecule has 2 aromatic carbocycles. The lowest BCUT2D eigenvalue weighted by Crippen LogP contribution is -2.28. The highest BCUT2D eigenvalue weighted by Gasteiger charge is 2.11. The Labute approximate surface area is 105 Å². The number of rotatable bonds is 1. The Morgan fingerprint density at radius 3 is 2.61 bits per heavy atom. The monoisotopic (exact) mass is 239 g/mol. The number of methoxy groups -OCH3 is 1. The summed E-state index contributed by atoms with van der Waals surface area (Å²) in [5.41, 5.74) is 7.76. The molecule has 0 aliphatic rings. The summed E-state index contributed by atoms with van der Waals surface area (Å²) in [6.07, 6.45) is 2.10. The van der Waals surface area contributed by atoms with Gasteiger partial charge in [-0.05, 0) is 30.3 Å². The Bertz CT molecular complexity index is 750. The molecule has 0 unspecified atom stereocenters. The van der Waals surface area contributed by atoms with Gasteiger partial charge in [0, 0.05) is 17.1 Å². The first-order valence-corrected chi connectivity index (χ1v) is 5.84. The van der Waals surface area contributed by atoms with E-state index in [4.69, 9.17) is 10.5 Å². The quantitative estimate of drug-likeness (QED) is 0.402. The molecule has 0 amide bonds. The number of aryl methyl sites for hydroxylation is 1. The second-order valence-corrected chi connectivity index (χ2v) is 4.47. The molecule has 18 heavy (non-hydrogen) atoms. The van der Waals surface area contributed by atoms with Gasteiger partial charge < -0.3 is 10.5 Å². The van der Waals surface area contributed by atoms with Gasteiger partial charge in [0.05, 0.1) is 17.9 Å². The normalized spacial score (nSPS) is 11.0. The Balaban J connectivity index is 2.46. The standard InChI is InChI=1S/C15H14N2O/c1-17-9-10-7-12(18-2)4-6-13(10)14-5-3-11(16)8-15(14)17/h3-9,16H,1-2H3/p+1. The zero-order valence-electron chi connectivity index (χ0n) is 10.5. The van der Waals surface area contributed by atoms with Gasteiger partial charge in [0.2, 0.25) is 5.52 Å². The topological polar surface area (TPSA) is 39.1 Å². The molecule has 1 aromatic heterocycles. The van der Waals surface area contributed by atoms with Gasteiger partial charge in [-0.1, -0.05) is 0 Å². The lowest BCUT2D eigenvalue weighted by Gasteiger charge is -2.05. The van der Waals surface area contributed by atoms with Crippen LogP contribution in [0.25, 0.3) is 21.7 Å². The smallest absolute Gasteiger partial charge is 0.214 e. The first-order chi connectivity index (χ1) is 8.69. The van der Waals surface area contributed by atoms with Crippen LogP contribution < -0.4 is 15.0 Å². The molecule has 0 bridgehead atoms. The van der Waals surface area contributed by atoms with Crippen LogP contribution in [0.5, 0.6) is 5.75 Å². The van der Waals surface area contributed by atoms with Crippen molar-refractivity contribution < 1.29 is 9.30 Å². The van der Waals surface area contributed by atoms with E-state index in [1.165, 1.54) is 10.8 Å². The van der Waals surface area contributed by atoms with Crippen molar-refractivity contribution in [1.29, 1.82) is 0 Å². The number of hydrogen-bond acceptors (Lipinski definition) is 2. The van der Waals surface area contributed by atoms with Crippen molar-refractivity contribution in [3.8, 4) is 5.75 Å². The van der Waals surface area contributed by atoms with E-state index in [0.717, 1.165) is 22.3 Å². The molecular formula is C15H15N2O+. The van der Waals surface area contributed by atoms with Crippen LogP contribution in [-0.2, 0) is 7.05 Å². The van der Waals surface area contributed by atoms with E-state index in [0.29, 0.717) is 0 Å². The third-order valence-electron chi connectivity index (χ3n) is 3.28. The van der Waals surface area contributed by atoms with Gasteiger partial charge in [-0.15, -0.1) is 0 Å². The molecule has 3 aromatic rings. The van der Waals surface area contributed by atoms with Gasteiger partial charge >= 0.3 is 0 Å². The number of hydrogen-bond donors (Lipinski definition) is 1. The van der Waals surface area contributed by atoms with Gasteiger partial charge in [-0.2, -0.15) is 0 Å². The minimum absolute atomic E-state index is 0.783. The minimum Gasteiger partial charge on any atom is -0.497 e. The Kier molecular flexibility index (Phi) is 2.33.